The van der Waals surface area contributed by atoms with Crippen LogP contribution >= 0.6 is 0 Å². The number of rotatable bonds is 5. The molecular weight excluding hydrogens is 214 g/mol. The summed E-state index contributed by atoms with van der Waals surface area (Å²) in [6.45, 7) is 4.09. The molecule has 17 heavy (non-hydrogen) atoms. The van der Waals surface area contributed by atoms with E-state index in [0.717, 1.165) is 0 Å². The highest BCUT2D eigenvalue weighted by molar-refractivity contribution is 5.81. The average Bonchev–Trinajstić information content (AvgIpc) is 2.36. The number of nitrogens with one attached hydrogen (secondary N) is 1. The second kappa shape index (κ2) is 6.86. The van der Waals surface area contributed by atoms with Crippen molar-refractivity contribution in [1.29, 1.82) is 0 Å². The van der Waals surface area contributed by atoms with Crippen LogP contribution in [0.5, 0.6) is 0 Å². The third-order valence-corrected chi connectivity index (χ3v) is 2.53. The lowest BCUT2D eigenvalue weighted by atomic mass is 10.1. The highest BCUT2D eigenvalue weighted by atomic mass is 16.5. The predicted octanol–water partition coefficient (Wildman–Crippen LogP) is 2.45. The van der Waals surface area contributed by atoms with Gasteiger partial charge in [-0.25, -0.2) is 4.79 Å². The standard InChI is InChI=1S/C14H19NO2/c1-11(9-10-14(16)17-3)15-12(2)13-7-5-4-6-8-13/h4-12,15H,1-3H3/b10-9+/t11?,12-/m0/s1. The normalized spacial score (nSPS) is 14.5. The molecular formula is C14H19NO2. The summed E-state index contributed by atoms with van der Waals surface area (Å²) >= 11 is 0. The Balaban J connectivity index is 2.49. The Labute approximate surface area is 102 Å². The van der Waals surface area contributed by atoms with Crippen molar-refractivity contribution in [2.75, 3.05) is 7.11 Å². The van der Waals surface area contributed by atoms with E-state index in [2.05, 4.69) is 29.1 Å². The minimum atomic E-state index is -0.328. The molecule has 0 aromatic heterocycles. The molecule has 0 radical (unpaired) electrons. The molecule has 1 aromatic rings. The molecule has 1 aromatic carbocycles. The summed E-state index contributed by atoms with van der Waals surface area (Å²) in [6.07, 6.45) is 3.24. The van der Waals surface area contributed by atoms with Crippen LogP contribution in [-0.2, 0) is 9.53 Å². The van der Waals surface area contributed by atoms with Crippen molar-refractivity contribution in [2.45, 2.75) is 25.9 Å². The number of methoxy groups -OCH3 is 1. The molecule has 0 bridgehead atoms. The van der Waals surface area contributed by atoms with Crippen molar-refractivity contribution in [3.8, 4) is 0 Å². The van der Waals surface area contributed by atoms with E-state index in [1.54, 1.807) is 6.08 Å². The van der Waals surface area contributed by atoms with Crippen molar-refractivity contribution in [2.24, 2.45) is 0 Å². The summed E-state index contributed by atoms with van der Waals surface area (Å²) < 4.78 is 4.54. The van der Waals surface area contributed by atoms with E-state index >= 15 is 0 Å². The molecule has 0 fully saturated rings. The quantitative estimate of drug-likeness (QED) is 0.627. The van der Waals surface area contributed by atoms with Gasteiger partial charge in [-0.3, -0.25) is 0 Å². The molecule has 92 valence electrons. The number of benzene rings is 1. The maximum atomic E-state index is 10.9. The molecule has 1 unspecified atom stereocenters. The van der Waals surface area contributed by atoms with E-state index in [9.17, 15) is 4.79 Å². The zero-order valence-electron chi connectivity index (χ0n) is 10.5. The second-order valence-corrected chi connectivity index (χ2v) is 3.97. The van der Waals surface area contributed by atoms with Crippen molar-refractivity contribution < 1.29 is 9.53 Å². The Hall–Kier alpha value is -1.61. The zero-order valence-corrected chi connectivity index (χ0v) is 10.5. The number of esters is 1. The first kappa shape index (κ1) is 13.5. The number of hydrogen-bond acceptors (Lipinski definition) is 3. The van der Waals surface area contributed by atoms with Gasteiger partial charge in [0.25, 0.3) is 0 Å². The van der Waals surface area contributed by atoms with Crippen molar-refractivity contribution in [1.82, 2.24) is 5.32 Å². The van der Waals surface area contributed by atoms with E-state index in [0.29, 0.717) is 0 Å². The van der Waals surface area contributed by atoms with Gasteiger partial charge in [-0.15, -0.1) is 0 Å². The molecule has 0 amide bonds. The first-order valence-electron chi connectivity index (χ1n) is 5.70. The SMILES string of the molecule is COC(=O)/C=C/C(C)N[C@@H](C)c1ccccc1. The van der Waals surface area contributed by atoms with Gasteiger partial charge in [-0.05, 0) is 19.4 Å². The van der Waals surface area contributed by atoms with Gasteiger partial charge in [0.05, 0.1) is 7.11 Å². The molecule has 0 aliphatic carbocycles. The first-order chi connectivity index (χ1) is 8.13. The van der Waals surface area contributed by atoms with Crippen LogP contribution in [0.1, 0.15) is 25.5 Å². The van der Waals surface area contributed by atoms with Gasteiger partial charge in [0.1, 0.15) is 0 Å². The Morgan fingerprint density at radius 3 is 2.53 bits per heavy atom. The summed E-state index contributed by atoms with van der Waals surface area (Å²) in [4.78, 5) is 10.9. The third-order valence-electron chi connectivity index (χ3n) is 2.53. The summed E-state index contributed by atoms with van der Waals surface area (Å²) in [7, 11) is 1.37. The number of carbonyl (C=O) groups excluding carboxylic acids is 1. The molecule has 0 saturated carbocycles. The topological polar surface area (TPSA) is 38.3 Å². The monoisotopic (exact) mass is 233 g/mol. The van der Waals surface area contributed by atoms with Gasteiger partial charge >= 0.3 is 5.97 Å². The molecule has 2 atom stereocenters. The molecule has 0 saturated heterocycles. The van der Waals surface area contributed by atoms with Crippen LogP contribution in [0.3, 0.4) is 0 Å². The maximum Gasteiger partial charge on any atom is 0.330 e. The van der Waals surface area contributed by atoms with Crippen LogP contribution in [0.2, 0.25) is 0 Å². The Morgan fingerprint density at radius 2 is 1.94 bits per heavy atom. The van der Waals surface area contributed by atoms with Crippen molar-refractivity contribution in [3.05, 3.63) is 48.0 Å². The van der Waals surface area contributed by atoms with Gasteiger partial charge < -0.3 is 10.1 Å². The van der Waals surface area contributed by atoms with E-state index < -0.39 is 0 Å². The van der Waals surface area contributed by atoms with Crippen molar-refractivity contribution >= 4 is 5.97 Å². The number of ether oxygens (including phenoxy) is 1. The minimum absolute atomic E-state index is 0.115. The Kier molecular flexibility index (Phi) is 5.43. The fourth-order valence-corrected chi connectivity index (χ4v) is 1.58. The highest BCUT2D eigenvalue weighted by Gasteiger charge is 2.06. The highest BCUT2D eigenvalue weighted by Crippen LogP contribution is 2.11. The smallest absolute Gasteiger partial charge is 0.330 e. The Bertz CT molecular complexity index is 373. The van der Waals surface area contributed by atoms with Gasteiger partial charge in [-0.2, -0.15) is 0 Å². The Morgan fingerprint density at radius 1 is 1.29 bits per heavy atom. The van der Waals surface area contributed by atoms with Crippen LogP contribution in [-0.4, -0.2) is 19.1 Å². The molecule has 3 nitrogen and oxygen atoms in total. The molecule has 1 rings (SSSR count). The van der Waals surface area contributed by atoms with E-state index in [4.69, 9.17) is 0 Å². The molecule has 0 aliphatic rings. The van der Waals surface area contributed by atoms with Crippen LogP contribution in [0.15, 0.2) is 42.5 Å². The average molecular weight is 233 g/mol. The zero-order chi connectivity index (χ0) is 12.7. The molecule has 0 heterocycles. The molecule has 0 spiro atoms. The van der Waals surface area contributed by atoms with E-state index in [1.807, 2.05) is 25.1 Å². The second-order valence-electron chi connectivity index (χ2n) is 3.97. The summed E-state index contributed by atoms with van der Waals surface area (Å²) in [5.41, 5.74) is 1.23. The van der Waals surface area contributed by atoms with Crippen LogP contribution in [0, 0.1) is 0 Å². The minimum Gasteiger partial charge on any atom is -0.466 e. The number of carbonyl (C=O) groups is 1. The predicted molar refractivity (Wildman–Crippen MR) is 68.6 cm³/mol. The molecule has 1 N–H and O–H groups in total. The number of hydrogen-bond donors (Lipinski definition) is 1. The first-order valence-corrected chi connectivity index (χ1v) is 5.70. The molecule has 3 heteroatoms. The lowest BCUT2D eigenvalue weighted by Gasteiger charge is -2.17. The van der Waals surface area contributed by atoms with Crippen LogP contribution in [0.25, 0.3) is 0 Å². The van der Waals surface area contributed by atoms with E-state index in [-0.39, 0.29) is 18.1 Å². The summed E-state index contributed by atoms with van der Waals surface area (Å²) in [5.74, 6) is -0.328. The van der Waals surface area contributed by atoms with E-state index in [1.165, 1.54) is 18.7 Å². The van der Waals surface area contributed by atoms with Gasteiger partial charge in [0.2, 0.25) is 0 Å². The van der Waals surface area contributed by atoms with Crippen LogP contribution < -0.4 is 5.32 Å². The largest absolute Gasteiger partial charge is 0.466 e. The van der Waals surface area contributed by atoms with Crippen molar-refractivity contribution in [3.63, 3.8) is 0 Å². The van der Waals surface area contributed by atoms with Crippen LogP contribution in [0.4, 0.5) is 0 Å². The van der Waals surface area contributed by atoms with Gasteiger partial charge in [0, 0.05) is 18.2 Å². The summed E-state index contributed by atoms with van der Waals surface area (Å²) in [6, 6.07) is 10.5. The third kappa shape index (κ3) is 4.83. The maximum absolute atomic E-state index is 10.9. The summed E-state index contributed by atoms with van der Waals surface area (Å²) in [5, 5.41) is 3.38. The fraction of sp³-hybridized carbons (Fsp3) is 0.357. The lowest BCUT2D eigenvalue weighted by Crippen LogP contribution is -2.27. The van der Waals surface area contributed by atoms with Gasteiger partial charge in [0.15, 0.2) is 0 Å². The lowest BCUT2D eigenvalue weighted by molar-refractivity contribution is -0.134. The fourth-order valence-electron chi connectivity index (χ4n) is 1.58. The van der Waals surface area contributed by atoms with Gasteiger partial charge in [-0.1, -0.05) is 36.4 Å². The molecule has 0 aliphatic heterocycles.